The van der Waals surface area contributed by atoms with E-state index in [1.165, 1.54) is 95.9 Å². The van der Waals surface area contributed by atoms with Crippen LogP contribution in [0.1, 0.15) is 171 Å². The van der Waals surface area contributed by atoms with E-state index >= 15 is 0 Å². The Morgan fingerprint density at radius 2 is 1.52 bits per heavy atom. The first-order valence-corrected chi connectivity index (χ1v) is 21.7. The van der Waals surface area contributed by atoms with Gasteiger partial charge < -0.3 is 35.1 Å². The summed E-state index contributed by atoms with van der Waals surface area (Å²) in [5.41, 5.74) is 6.87. The number of ether oxygens (including phenoxy) is 1. The van der Waals surface area contributed by atoms with Crippen molar-refractivity contribution in [2.45, 2.75) is 197 Å². The van der Waals surface area contributed by atoms with Gasteiger partial charge in [-0.15, -0.1) is 11.3 Å². The Hall–Kier alpha value is -1.69. The molecule has 2 rings (SSSR count). The number of nitrogens with zero attached hydrogens (tertiary/aromatic N) is 2. The number of thiazole rings is 1. The zero-order valence-corrected chi connectivity index (χ0v) is 36.4. The van der Waals surface area contributed by atoms with Crippen molar-refractivity contribution in [1.82, 2.24) is 4.98 Å². The molecule has 2 unspecified atom stereocenters. The molecule has 0 spiro atoms. The van der Waals surface area contributed by atoms with Crippen LogP contribution < -0.4 is 10.8 Å². The molecule has 316 valence electrons. The van der Waals surface area contributed by atoms with Crippen LogP contribution in [-0.2, 0) is 14.3 Å². The normalized spacial score (nSPS) is 20.2. The minimum atomic E-state index is -1.42. The van der Waals surface area contributed by atoms with Crippen LogP contribution >= 0.6 is 11.3 Å². The van der Waals surface area contributed by atoms with Crippen molar-refractivity contribution in [1.29, 1.82) is 0 Å². The monoisotopic (exact) mass is 782 g/mol. The molecule has 0 amide bonds. The van der Waals surface area contributed by atoms with E-state index in [-0.39, 0.29) is 36.9 Å². The number of carbonyl (C=O) groups excluding carboxylic acids is 2. The number of Topliss-reactive ketones (excluding diaryl/α,β-unsaturated/α-hetero) is 1. The Morgan fingerprint density at radius 1 is 1.02 bits per heavy atom. The zero-order chi connectivity index (χ0) is 40.4. The topological polar surface area (TPSA) is 149 Å². The molecule has 54 heavy (non-hydrogen) atoms. The molecule has 10 heteroatoms. The minimum absolute atomic E-state index is 0. The van der Waals surface area contributed by atoms with E-state index in [0.717, 1.165) is 35.5 Å². The van der Waals surface area contributed by atoms with Gasteiger partial charge in [-0.2, -0.15) is 0 Å². The smallest absolute Gasteiger partial charge is 0.146 e. The van der Waals surface area contributed by atoms with Crippen molar-refractivity contribution in [3.63, 3.8) is 0 Å². The number of carboxylic acids is 1. The van der Waals surface area contributed by atoms with Crippen molar-refractivity contribution in [3.05, 3.63) is 21.7 Å². The predicted molar refractivity (Wildman–Crippen MR) is 225 cm³/mol. The first-order valence-electron chi connectivity index (χ1n) is 20.8. The first-order chi connectivity index (χ1) is 24.8. The summed E-state index contributed by atoms with van der Waals surface area (Å²) < 4.78 is 7.41. The number of epoxide rings is 1. The molecule has 1 saturated heterocycles. The third-order valence-electron chi connectivity index (χ3n) is 11.7. The molecule has 4 N–H and O–H groups in total. The average Bonchev–Trinajstić information content (AvgIpc) is 3.55. The number of carbonyl (C=O) groups is 2. The Labute approximate surface area is 335 Å². The summed E-state index contributed by atoms with van der Waals surface area (Å²) in [7, 11) is 0. The third kappa shape index (κ3) is 17.6. The van der Waals surface area contributed by atoms with Gasteiger partial charge in [0.15, 0.2) is 0 Å². The number of aliphatic carboxylic acids is 1. The van der Waals surface area contributed by atoms with Crippen molar-refractivity contribution >= 4 is 29.2 Å². The van der Waals surface area contributed by atoms with Gasteiger partial charge in [0.05, 0.1) is 60.8 Å². The largest absolute Gasteiger partial charge is 0.550 e. The summed E-state index contributed by atoms with van der Waals surface area (Å²) in [5.74, 6) is -2.66. The highest BCUT2D eigenvalue weighted by molar-refractivity contribution is 7.09. The number of rotatable bonds is 27. The van der Waals surface area contributed by atoms with Crippen LogP contribution in [0.5, 0.6) is 0 Å². The van der Waals surface area contributed by atoms with Gasteiger partial charge in [0, 0.05) is 35.1 Å². The number of ketones is 1. The number of hydrogen-bond donors (Lipinski definition) is 3. The van der Waals surface area contributed by atoms with Crippen LogP contribution in [0.4, 0.5) is 0 Å². The standard InChI is InChI=1S/C27H44N2O6S.C16H36N.CH4/c1-15(24(33)17(3)25(34)26(5,6)21(30)13-23(31)32)9-8-10-27(7)22(35-27)12-20(28)16(2)11-19-14-36-18(4)29-19;1-5-9-13-17(14-10-6-2,15-11-7-3)16-12-8-4;/h11,14-15,17,20-22,24,30,33H,8-10,12-13,28H2,1-7H3,(H,31,32);5-16H2,1-4H3;1H4/q;+1;/p-1/b16-11+;;/t15-,17+,20?,21-,22?,24-,27+;;/m0../s1. The lowest BCUT2D eigenvalue weighted by molar-refractivity contribution is -0.929. The second-order valence-corrected chi connectivity index (χ2v) is 18.0. The van der Waals surface area contributed by atoms with Gasteiger partial charge in [0.1, 0.15) is 5.78 Å². The summed E-state index contributed by atoms with van der Waals surface area (Å²) >= 11 is 1.61. The SMILES string of the molecule is C.C/C(=C\c1csc(C)n1)C(N)CC1O[C@]1(C)CCC[C@H](C)[C@H](O)[C@@H](C)C(=O)C(C)(C)[C@@H](O)CC(=O)[O-].CCCC[N+](CCCC)(CCCC)CCCC. The van der Waals surface area contributed by atoms with E-state index in [9.17, 15) is 24.9 Å². The fourth-order valence-corrected chi connectivity index (χ4v) is 7.98. The lowest BCUT2D eigenvalue weighted by Crippen LogP contribution is -2.50. The van der Waals surface area contributed by atoms with Crippen LogP contribution in [0.15, 0.2) is 11.0 Å². The number of carboxylic acid groups (broad SMARTS) is 1. The number of aliphatic hydroxyl groups is 2. The molecular formula is C44H83N3O6S. The summed E-state index contributed by atoms with van der Waals surface area (Å²) in [4.78, 5) is 28.2. The maximum Gasteiger partial charge on any atom is 0.146 e. The van der Waals surface area contributed by atoms with Crippen LogP contribution in [0.2, 0.25) is 0 Å². The Kier molecular flexibility index (Phi) is 24.7. The van der Waals surface area contributed by atoms with Crippen molar-refractivity contribution < 1.29 is 34.1 Å². The number of hydrogen-bond acceptors (Lipinski definition) is 9. The second-order valence-electron chi connectivity index (χ2n) is 16.9. The maximum atomic E-state index is 12.9. The highest BCUT2D eigenvalue weighted by Crippen LogP contribution is 2.44. The molecular weight excluding hydrogens is 699 g/mol. The highest BCUT2D eigenvalue weighted by atomic mass is 32.1. The maximum absolute atomic E-state index is 12.9. The van der Waals surface area contributed by atoms with Crippen molar-refractivity contribution in [2.24, 2.45) is 23.0 Å². The van der Waals surface area contributed by atoms with E-state index in [1.807, 2.05) is 32.2 Å². The Balaban J connectivity index is 0.00000132. The van der Waals surface area contributed by atoms with Crippen molar-refractivity contribution in [2.75, 3.05) is 26.2 Å². The lowest BCUT2D eigenvalue weighted by atomic mass is 9.73. The molecule has 0 aromatic carbocycles. The van der Waals surface area contributed by atoms with Gasteiger partial charge in [-0.05, 0) is 77.7 Å². The van der Waals surface area contributed by atoms with E-state index in [1.54, 1.807) is 18.3 Å². The molecule has 1 fully saturated rings. The summed E-state index contributed by atoms with van der Waals surface area (Å²) in [5, 5.41) is 34.8. The summed E-state index contributed by atoms with van der Waals surface area (Å²) in [6.07, 6.45) is 13.4. The predicted octanol–water partition coefficient (Wildman–Crippen LogP) is 8.27. The van der Waals surface area contributed by atoms with Gasteiger partial charge in [-0.3, -0.25) is 4.79 Å². The van der Waals surface area contributed by atoms with Crippen LogP contribution in [-0.4, -0.2) is 87.6 Å². The Morgan fingerprint density at radius 3 is 1.94 bits per heavy atom. The fraction of sp³-hybridized carbons (Fsp3) is 0.841. The highest BCUT2D eigenvalue weighted by Gasteiger charge is 2.51. The van der Waals surface area contributed by atoms with E-state index in [2.05, 4.69) is 39.6 Å². The van der Waals surface area contributed by atoms with Crippen LogP contribution in [0, 0.1) is 24.2 Å². The van der Waals surface area contributed by atoms with E-state index < -0.39 is 35.9 Å². The zero-order valence-electron chi connectivity index (χ0n) is 35.5. The number of aryl methyl sites for hydroxylation is 1. The molecule has 9 nitrogen and oxygen atoms in total. The van der Waals surface area contributed by atoms with Gasteiger partial charge in [-0.1, -0.05) is 100 Å². The lowest BCUT2D eigenvalue weighted by Gasteiger charge is -2.39. The molecule has 0 radical (unpaired) electrons. The van der Waals surface area contributed by atoms with Gasteiger partial charge in [-0.25, -0.2) is 4.98 Å². The molecule has 1 aromatic rings. The molecule has 1 aliphatic heterocycles. The molecule has 2 heterocycles. The van der Waals surface area contributed by atoms with E-state index in [4.69, 9.17) is 10.5 Å². The number of aliphatic hydroxyl groups excluding tert-OH is 2. The summed E-state index contributed by atoms with van der Waals surface area (Å²) in [6.45, 7) is 27.6. The summed E-state index contributed by atoms with van der Waals surface area (Å²) in [6, 6.07) is -0.109. The third-order valence-corrected chi connectivity index (χ3v) is 12.5. The molecule has 0 saturated carbocycles. The number of aromatic nitrogens is 1. The van der Waals surface area contributed by atoms with Crippen LogP contribution in [0.25, 0.3) is 6.08 Å². The Bertz CT molecular complexity index is 1200. The number of nitrogens with two attached hydrogens (primary N) is 1. The number of quaternary nitrogens is 1. The second kappa shape index (κ2) is 25.5. The number of unbranched alkanes of at least 4 members (excludes halogenated alkanes) is 4. The minimum Gasteiger partial charge on any atom is -0.550 e. The van der Waals surface area contributed by atoms with Gasteiger partial charge >= 0.3 is 0 Å². The molecule has 7 atom stereocenters. The van der Waals surface area contributed by atoms with E-state index in [0.29, 0.717) is 6.42 Å². The molecule has 0 aliphatic carbocycles. The van der Waals surface area contributed by atoms with Gasteiger partial charge in [0.2, 0.25) is 0 Å². The quantitative estimate of drug-likeness (QED) is 0.0597. The fourth-order valence-electron chi connectivity index (χ4n) is 7.41. The van der Waals surface area contributed by atoms with Crippen LogP contribution in [0.3, 0.4) is 0 Å². The molecule has 1 aliphatic rings. The average molecular weight is 782 g/mol. The molecule has 1 aromatic heterocycles. The first kappa shape index (κ1) is 52.3. The van der Waals surface area contributed by atoms with Gasteiger partial charge in [0.25, 0.3) is 0 Å². The van der Waals surface area contributed by atoms with Crippen molar-refractivity contribution in [3.8, 4) is 0 Å². The molecule has 0 bridgehead atoms.